The molecule has 0 aromatic rings. The highest BCUT2D eigenvalue weighted by Crippen LogP contribution is 2.16. The number of amides is 2. The molecule has 0 heterocycles. The lowest BCUT2D eigenvalue weighted by atomic mass is 9.96. The fourth-order valence-electron chi connectivity index (χ4n) is 1.79. The van der Waals surface area contributed by atoms with Crippen molar-refractivity contribution in [3.8, 4) is 0 Å². The van der Waals surface area contributed by atoms with E-state index in [1.807, 2.05) is 0 Å². The fourth-order valence-corrected chi connectivity index (χ4v) is 2.18. The number of hydrogen-bond donors (Lipinski definition) is 2. The first-order valence-electron chi connectivity index (χ1n) is 5.53. The van der Waals surface area contributed by atoms with Gasteiger partial charge in [-0.1, -0.05) is 19.3 Å². The van der Waals surface area contributed by atoms with Crippen molar-refractivity contribution in [2.45, 2.75) is 38.1 Å². The van der Waals surface area contributed by atoms with Crippen molar-refractivity contribution < 1.29 is 9.00 Å². The van der Waals surface area contributed by atoms with Gasteiger partial charge in [-0.3, -0.25) is 4.21 Å². The van der Waals surface area contributed by atoms with Crippen molar-refractivity contribution in [1.82, 2.24) is 10.6 Å². The number of hydrogen-bond acceptors (Lipinski definition) is 2. The SMILES string of the molecule is C[S@](=O)CCNC(=O)NC1CCCCC1. The van der Waals surface area contributed by atoms with Crippen molar-refractivity contribution in [2.75, 3.05) is 18.6 Å². The Balaban J connectivity index is 2.09. The summed E-state index contributed by atoms with van der Waals surface area (Å²) in [7, 11) is -0.831. The molecule has 0 aromatic carbocycles. The van der Waals surface area contributed by atoms with E-state index in [2.05, 4.69) is 10.6 Å². The van der Waals surface area contributed by atoms with Gasteiger partial charge < -0.3 is 10.6 Å². The van der Waals surface area contributed by atoms with E-state index in [1.54, 1.807) is 6.26 Å². The van der Waals surface area contributed by atoms with Gasteiger partial charge >= 0.3 is 6.03 Å². The van der Waals surface area contributed by atoms with E-state index >= 15 is 0 Å². The van der Waals surface area contributed by atoms with Gasteiger partial charge in [-0.2, -0.15) is 0 Å². The summed E-state index contributed by atoms with van der Waals surface area (Å²) in [5.74, 6) is 0.526. The second-order valence-electron chi connectivity index (χ2n) is 4.01. The molecular formula is C10H20N2O2S. The predicted molar refractivity (Wildman–Crippen MR) is 62.3 cm³/mol. The van der Waals surface area contributed by atoms with Gasteiger partial charge in [0.1, 0.15) is 0 Å². The largest absolute Gasteiger partial charge is 0.337 e. The van der Waals surface area contributed by atoms with Gasteiger partial charge in [-0.15, -0.1) is 0 Å². The smallest absolute Gasteiger partial charge is 0.315 e. The van der Waals surface area contributed by atoms with Crippen LogP contribution < -0.4 is 10.6 Å². The molecule has 1 fully saturated rings. The monoisotopic (exact) mass is 232 g/mol. The minimum Gasteiger partial charge on any atom is -0.337 e. The van der Waals surface area contributed by atoms with Gasteiger partial charge in [0.15, 0.2) is 0 Å². The molecule has 1 aliphatic rings. The Hall–Kier alpha value is -0.580. The number of urea groups is 1. The van der Waals surface area contributed by atoms with E-state index in [0.717, 1.165) is 12.8 Å². The third-order valence-corrected chi connectivity index (χ3v) is 3.39. The molecular weight excluding hydrogens is 212 g/mol. The minimum atomic E-state index is -0.831. The van der Waals surface area contributed by atoms with Crippen LogP contribution in [0.1, 0.15) is 32.1 Å². The number of nitrogens with one attached hydrogen (secondary N) is 2. The third-order valence-electron chi connectivity index (χ3n) is 2.62. The minimum absolute atomic E-state index is 0.118. The second-order valence-corrected chi connectivity index (χ2v) is 5.57. The van der Waals surface area contributed by atoms with Crippen LogP contribution in [0.15, 0.2) is 0 Å². The van der Waals surface area contributed by atoms with E-state index in [9.17, 15) is 9.00 Å². The summed E-state index contributed by atoms with van der Waals surface area (Å²) in [4.78, 5) is 11.4. The molecule has 0 spiro atoms. The molecule has 1 rings (SSSR count). The molecule has 5 heteroatoms. The zero-order chi connectivity index (χ0) is 11.1. The van der Waals surface area contributed by atoms with Gasteiger partial charge in [0.05, 0.1) is 0 Å². The van der Waals surface area contributed by atoms with Gasteiger partial charge in [-0.25, -0.2) is 4.79 Å². The zero-order valence-electron chi connectivity index (χ0n) is 9.25. The van der Waals surface area contributed by atoms with Crippen LogP contribution >= 0.6 is 0 Å². The molecule has 88 valence electrons. The highest BCUT2D eigenvalue weighted by molar-refractivity contribution is 7.84. The standard InChI is InChI=1S/C10H20N2O2S/c1-15(14)8-7-11-10(13)12-9-5-3-2-4-6-9/h9H,2-8H2,1H3,(H2,11,12,13)/t15-/m0/s1. The molecule has 1 aliphatic carbocycles. The maximum atomic E-state index is 11.4. The van der Waals surface area contributed by atoms with Gasteiger partial charge in [-0.05, 0) is 12.8 Å². The van der Waals surface area contributed by atoms with Crippen LogP contribution in [0.3, 0.4) is 0 Å². The van der Waals surface area contributed by atoms with Crippen molar-refractivity contribution in [2.24, 2.45) is 0 Å². The molecule has 0 radical (unpaired) electrons. The number of rotatable bonds is 4. The maximum Gasteiger partial charge on any atom is 0.315 e. The molecule has 4 nitrogen and oxygen atoms in total. The first-order valence-corrected chi connectivity index (χ1v) is 7.25. The Morgan fingerprint density at radius 1 is 1.33 bits per heavy atom. The molecule has 0 bridgehead atoms. The summed E-state index contributed by atoms with van der Waals surface area (Å²) in [6.07, 6.45) is 7.53. The molecule has 1 atom stereocenters. The zero-order valence-corrected chi connectivity index (χ0v) is 10.1. The Kier molecular flexibility index (Phi) is 5.68. The molecule has 0 aliphatic heterocycles. The molecule has 1 saturated carbocycles. The molecule has 0 saturated heterocycles. The lowest BCUT2D eigenvalue weighted by Gasteiger charge is -2.22. The Bertz CT molecular complexity index is 227. The summed E-state index contributed by atoms with van der Waals surface area (Å²) in [5.41, 5.74) is 0. The molecule has 2 amide bonds. The van der Waals surface area contributed by atoms with Crippen LogP contribution in [0, 0.1) is 0 Å². The average molecular weight is 232 g/mol. The Morgan fingerprint density at radius 2 is 2.00 bits per heavy atom. The van der Waals surface area contributed by atoms with Crippen LogP contribution in [0.4, 0.5) is 4.79 Å². The number of carbonyl (C=O) groups is 1. The van der Waals surface area contributed by atoms with Crippen molar-refractivity contribution in [3.05, 3.63) is 0 Å². The van der Waals surface area contributed by atoms with E-state index in [0.29, 0.717) is 18.3 Å². The van der Waals surface area contributed by atoms with Crippen molar-refractivity contribution >= 4 is 16.8 Å². The quantitative estimate of drug-likeness (QED) is 0.759. The molecule has 15 heavy (non-hydrogen) atoms. The van der Waals surface area contributed by atoms with Crippen LogP contribution in [-0.2, 0) is 10.8 Å². The van der Waals surface area contributed by atoms with E-state index < -0.39 is 10.8 Å². The van der Waals surface area contributed by atoms with Crippen LogP contribution in [0.5, 0.6) is 0 Å². The van der Waals surface area contributed by atoms with Gasteiger partial charge in [0, 0.05) is 35.4 Å². The average Bonchev–Trinajstić information content (AvgIpc) is 2.18. The molecule has 2 N–H and O–H groups in total. The topological polar surface area (TPSA) is 58.2 Å². The van der Waals surface area contributed by atoms with Crippen molar-refractivity contribution in [1.29, 1.82) is 0 Å². The lowest BCUT2D eigenvalue weighted by Crippen LogP contribution is -2.43. The highest BCUT2D eigenvalue weighted by atomic mass is 32.2. The first-order chi connectivity index (χ1) is 7.18. The summed E-state index contributed by atoms with van der Waals surface area (Å²) in [6, 6.07) is 0.221. The third kappa shape index (κ3) is 5.77. The molecule has 0 unspecified atom stereocenters. The van der Waals surface area contributed by atoms with Gasteiger partial charge in [0.25, 0.3) is 0 Å². The summed E-state index contributed by atoms with van der Waals surface area (Å²) < 4.78 is 10.8. The highest BCUT2D eigenvalue weighted by Gasteiger charge is 2.14. The summed E-state index contributed by atoms with van der Waals surface area (Å²) in [6.45, 7) is 0.488. The van der Waals surface area contributed by atoms with E-state index in [4.69, 9.17) is 0 Å². The summed E-state index contributed by atoms with van der Waals surface area (Å²) in [5, 5.41) is 5.66. The number of carbonyl (C=O) groups excluding carboxylic acids is 1. The normalized spacial score (nSPS) is 19.5. The van der Waals surface area contributed by atoms with Crippen LogP contribution in [0.25, 0.3) is 0 Å². The van der Waals surface area contributed by atoms with Crippen molar-refractivity contribution in [3.63, 3.8) is 0 Å². The fraction of sp³-hybridized carbons (Fsp3) is 0.900. The van der Waals surface area contributed by atoms with E-state index in [-0.39, 0.29) is 6.03 Å². The Morgan fingerprint density at radius 3 is 2.60 bits per heavy atom. The molecule has 0 aromatic heterocycles. The lowest BCUT2D eigenvalue weighted by molar-refractivity contribution is 0.233. The van der Waals surface area contributed by atoms with Crippen LogP contribution in [-0.4, -0.2) is 34.8 Å². The summed E-state index contributed by atoms with van der Waals surface area (Å²) >= 11 is 0. The predicted octanol–water partition coefficient (Wildman–Crippen LogP) is 0.997. The van der Waals surface area contributed by atoms with Gasteiger partial charge in [0.2, 0.25) is 0 Å². The van der Waals surface area contributed by atoms with Crippen LogP contribution in [0.2, 0.25) is 0 Å². The second kappa shape index (κ2) is 6.82. The Labute approximate surface area is 93.7 Å². The van der Waals surface area contributed by atoms with E-state index in [1.165, 1.54) is 19.3 Å². The maximum absolute atomic E-state index is 11.4. The first kappa shape index (κ1) is 12.5.